The molecule has 3 rings (SSSR count). The maximum absolute atomic E-state index is 12.2. The number of aryl methyl sites for hydroxylation is 3. The number of hydrogen-bond acceptors (Lipinski definition) is 5. The van der Waals surface area contributed by atoms with E-state index in [2.05, 4.69) is 4.98 Å². The number of fused-ring (bicyclic) bond motifs is 1. The summed E-state index contributed by atoms with van der Waals surface area (Å²) in [6.07, 6.45) is 0. The van der Waals surface area contributed by atoms with E-state index in [1.54, 1.807) is 6.07 Å². The molecule has 0 aliphatic rings. The van der Waals surface area contributed by atoms with Gasteiger partial charge >= 0.3 is 5.97 Å². The molecule has 134 valence electrons. The van der Waals surface area contributed by atoms with Gasteiger partial charge in [0.15, 0.2) is 6.61 Å². The monoisotopic (exact) mass is 352 g/mol. The van der Waals surface area contributed by atoms with Gasteiger partial charge in [0, 0.05) is 11.8 Å². The van der Waals surface area contributed by atoms with E-state index >= 15 is 0 Å². The number of ether oxygens (including phenoxy) is 2. The van der Waals surface area contributed by atoms with Gasteiger partial charge in [0.25, 0.3) is 5.56 Å². The zero-order valence-corrected chi connectivity index (χ0v) is 15.0. The molecule has 3 aromatic rings. The van der Waals surface area contributed by atoms with Gasteiger partial charge in [-0.15, -0.1) is 0 Å². The largest absolute Gasteiger partial charge is 0.482 e. The van der Waals surface area contributed by atoms with E-state index in [0.29, 0.717) is 17.1 Å². The average molecular weight is 352 g/mol. The second-order valence-corrected chi connectivity index (χ2v) is 6.16. The van der Waals surface area contributed by atoms with E-state index in [4.69, 9.17) is 9.47 Å². The van der Waals surface area contributed by atoms with Crippen molar-refractivity contribution in [1.29, 1.82) is 0 Å². The summed E-state index contributed by atoms with van der Waals surface area (Å²) in [7, 11) is 0. The first-order chi connectivity index (χ1) is 12.4. The molecule has 6 heteroatoms. The third-order valence-electron chi connectivity index (χ3n) is 3.99. The smallest absolute Gasteiger partial charge is 0.344 e. The molecule has 0 aliphatic carbocycles. The number of carbonyl (C=O) groups is 1. The van der Waals surface area contributed by atoms with Crippen molar-refractivity contribution in [2.75, 3.05) is 6.61 Å². The molecule has 2 heterocycles. The lowest BCUT2D eigenvalue weighted by atomic mass is 10.1. The Kier molecular flexibility index (Phi) is 5.02. The summed E-state index contributed by atoms with van der Waals surface area (Å²) in [5.41, 5.74) is 3.60. The molecule has 26 heavy (non-hydrogen) atoms. The number of aromatic nitrogens is 2. The molecule has 0 amide bonds. The molecule has 0 bridgehead atoms. The number of pyridine rings is 1. The molecule has 0 spiro atoms. The summed E-state index contributed by atoms with van der Waals surface area (Å²) < 4.78 is 12.2. The third-order valence-corrected chi connectivity index (χ3v) is 3.99. The second-order valence-electron chi connectivity index (χ2n) is 6.16. The van der Waals surface area contributed by atoms with Gasteiger partial charge in [0.1, 0.15) is 18.0 Å². The minimum atomic E-state index is -0.517. The average Bonchev–Trinajstić information content (AvgIpc) is 2.59. The first kappa shape index (κ1) is 17.7. The molecule has 0 aliphatic heterocycles. The number of nitrogens with zero attached hydrogens (tertiary/aromatic N) is 2. The van der Waals surface area contributed by atoms with Crippen molar-refractivity contribution in [3.8, 4) is 5.75 Å². The fourth-order valence-electron chi connectivity index (χ4n) is 2.73. The third kappa shape index (κ3) is 3.91. The van der Waals surface area contributed by atoms with Gasteiger partial charge in [-0.1, -0.05) is 23.8 Å². The highest BCUT2D eigenvalue weighted by atomic mass is 16.6. The SMILES string of the molecule is Cc1ccc(OCC(=O)OCc2cc(=O)n3c(C)cccc3n2)c(C)c1. The first-order valence-corrected chi connectivity index (χ1v) is 8.28. The maximum Gasteiger partial charge on any atom is 0.344 e. The van der Waals surface area contributed by atoms with Crippen LogP contribution in [-0.4, -0.2) is 22.0 Å². The van der Waals surface area contributed by atoms with Gasteiger partial charge in [0.2, 0.25) is 0 Å². The summed E-state index contributed by atoms with van der Waals surface area (Å²) in [6, 6.07) is 12.5. The molecule has 0 N–H and O–H groups in total. The van der Waals surface area contributed by atoms with Crippen molar-refractivity contribution in [3.63, 3.8) is 0 Å². The van der Waals surface area contributed by atoms with E-state index in [-0.39, 0.29) is 18.8 Å². The zero-order chi connectivity index (χ0) is 18.7. The molecule has 1 aromatic carbocycles. The van der Waals surface area contributed by atoms with Crippen LogP contribution in [0.25, 0.3) is 5.65 Å². The van der Waals surface area contributed by atoms with Crippen LogP contribution in [0.3, 0.4) is 0 Å². The summed E-state index contributed by atoms with van der Waals surface area (Å²) in [5, 5.41) is 0. The fourth-order valence-corrected chi connectivity index (χ4v) is 2.73. The summed E-state index contributed by atoms with van der Waals surface area (Å²) in [4.78, 5) is 28.5. The molecule has 0 saturated heterocycles. The Morgan fingerprint density at radius 3 is 2.69 bits per heavy atom. The van der Waals surface area contributed by atoms with E-state index < -0.39 is 5.97 Å². The van der Waals surface area contributed by atoms with Crippen LogP contribution >= 0.6 is 0 Å². The van der Waals surface area contributed by atoms with Crippen LogP contribution in [-0.2, 0) is 16.1 Å². The van der Waals surface area contributed by atoms with E-state index in [1.807, 2.05) is 51.1 Å². The standard InChI is InChI=1S/C20H20N2O4/c1-13-7-8-17(14(2)9-13)25-12-20(24)26-11-16-10-19(23)22-15(3)5-4-6-18(22)21-16/h4-10H,11-12H2,1-3H3. The van der Waals surface area contributed by atoms with Gasteiger partial charge in [-0.25, -0.2) is 9.78 Å². The van der Waals surface area contributed by atoms with E-state index in [1.165, 1.54) is 10.5 Å². The van der Waals surface area contributed by atoms with Crippen LogP contribution in [0.2, 0.25) is 0 Å². The molecule has 2 aromatic heterocycles. The van der Waals surface area contributed by atoms with Crippen molar-refractivity contribution in [3.05, 3.63) is 75.3 Å². The second kappa shape index (κ2) is 7.39. The molecule has 6 nitrogen and oxygen atoms in total. The number of hydrogen-bond donors (Lipinski definition) is 0. The Morgan fingerprint density at radius 2 is 1.92 bits per heavy atom. The lowest BCUT2D eigenvalue weighted by Gasteiger charge is -2.10. The molecule has 0 saturated carbocycles. The predicted octanol–water partition coefficient (Wildman–Crippen LogP) is 2.74. The van der Waals surface area contributed by atoms with Crippen molar-refractivity contribution >= 4 is 11.6 Å². The van der Waals surface area contributed by atoms with Crippen LogP contribution in [0.1, 0.15) is 22.5 Å². The predicted molar refractivity (Wildman–Crippen MR) is 97.4 cm³/mol. The highest BCUT2D eigenvalue weighted by Crippen LogP contribution is 2.18. The summed E-state index contributed by atoms with van der Waals surface area (Å²) >= 11 is 0. The van der Waals surface area contributed by atoms with Gasteiger partial charge in [-0.2, -0.15) is 0 Å². The van der Waals surface area contributed by atoms with E-state index in [0.717, 1.165) is 16.8 Å². The van der Waals surface area contributed by atoms with E-state index in [9.17, 15) is 9.59 Å². The summed E-state index contributed by atoms with van der Waals surface area (Å²) in [6.45, 7) is 5.47. The number of rotatable bonds is 5. The Bertz CT molecular complexity index is 1020. The fraction of sp³-hybridized carbons (Fsp3) is 0.250. The van der Waals surface area contributed by atoms with Crippen LogP contribution in [0.15, 0.2) is 47.3 Å². The van der Waals surface area contributed by atoms with Crippen LogP contribution in [0.5, 0.6) is 5.75 Å². The van der Waals surface area contributed by atoms with Crippen LogP contribution < -0.4 is 10.3 Å². The quantitative estimate of drug-likeness (QED) is 0.661. The molecule has 0 unspecified atom stereocenters. The molecule has 0 atom stereocenters. The Morgan fingerprint density at radius 1 is 1.12 bits per heavy atom. The zero-order valence-electron chi connectivity index (χ0n) is 15.0. The normalized spacial score (nSPS) is 10.7. The van der Waals surface area contributed by atoms with Crippen molar-refractivity contribution in [2.24, 2.45) is 0 Å². The first-order valence-electron chi connectivity index (χ1n) is 8.28. The maximum atomic E-state index is 12.2. The van der Waals surface area contributed by atoms with Gasteiger partial charge in [-0.05, 0) is 44.5 Å². The Balaban J connectivity index is 1.62. The van der Waals surface area contributed by atoms with Crippen LogP contribution in [0, 0.1) is 20.8 Å². The minimum absolute atomic E-state index is 0.0746. The minimum Gasteiger partial charge on any atom is -0.482 e. The van der Waals surface area contributed by atoms with Crippen molar-refractivity contribution in [2.45, 2.75) is 27.4 Å². The lowest BCUT2D eigenvalue weighted by Crippen LogP contribution is -2.19. The highest BCUT2D eigenvalue weighted by Gasteiger charge is 2.09. The van der Waals surface area contributed by atoms with Gasteiger partial charge < -0.3 is 9.47 Å². The molecule has 0 radical (unpaired) electrons. The number of carbonyl (C=O) groups excluding carboxylic acids is 1. The lowest BCUT2D eigenvalue weighted by molar-refractivity contribution is -0.147. The topological polar surface area (TPSA) is 69.9 Å². The van der Waals surface area contributed by atoms with Gasteiger partial charge in [-0.3, -0.25) is 9.20 Å². The molecule has 0 fully saturated rings. The summed E-state index contributed by atoms with van der Waals surface area (Å²) in [5.74, 6) is 0.126. The molecular weight excluding hydrogens is 332 g/mol. The number of esters is 1. The van der Waals surface area contributed by atoms with Gasteiger partial charge in [0.05, 0.1) is 5.69 Å². The van der Waals surface area contributed by atoms with Crippen molar-refractivity contribution in [1.82, 2.24) is 9.38 Å². The Labute approximate surface area is 151 Å². The van der Waals surface area contributed by atoms with Crippen molar-refractivity contribution < 1.29 is 14.3 Å². The highest BCUT2D eigenvalue weighted by molar-refractivity contribution is 5.71. The van der Waals surface area contributed by atoms with Crippen LogP contribution in [0.4, 0.5) is 0 Å². The number of benzene rings is 1. The molecular formula is C20H20N2O4. The Hall–Kier alpha value is -3.15.